The Hall–Kier alpha value is -2.54. The molecule has 0 bridgehead atoms. The summed E-state index contributed by atoms with van der Waals surface area (Å²) in [5.74, 6) is 0.668. The van der Waals surface area contributed by atoms with Crippen molar-refractivity contribution in [2.75, 3.05) is 24.9 Å². The number of anilines is 1. The van der Waals surface area contributed by atoms with Gasteiger partial charge in [-0.15, -0.1) is 0 Å². The van der Waals surface area contributed by atoms with E-state index < -0.39 is 10.0 Å². The van der Waals surface area contributed by atoms with Gasteiger partial charge in [0.05, 0.1) is 17.7 Å². The largest absolute Gasteiger partial charge is 0.495 e. The van der Waals surface area contributed by atoms with Crippen LogP contribution in [0.2, 0.25) is 0 Å². The number of aryl methyl sites for hydroxylation is 1. The summed E-state index contributed by atoms with van der Waals surface area (Å²) in [5.41, 5.74) is 2.34. The maximum absolute atomic E-state index is 12.7. The third kappa shape index (κ3) is 4.60. The highest BCUT2D eigenvalue weighted by Gasteiger charge is 2.20. The summed E-state index contributed by atoms with van der Waals surface area (Å²) in [6.07, 6.45) is 2.26. The van der Waals surface area contributed by atoms with Crippen molar-refractivity contribution in [1.29, 1.82) is 0 Å². The molecular formula is C20H24N2O4S. The van der Waals surface area contributed by atoms with Crippen LogP contribution in [0.4, 0.5) is 5.69 Å². The predicted octanol–water partition coefficient (Wildman–Crippen LogP) is 2.97. The van der Waals surface area contributed by atoms with Gasteiger partial charge in [-0.3, -0.25) is 9.52 Å². The fourth-order valence-electron chi connectivity index (χ4n) is 3.15. The third-order valence-corrected chi connectivity index (χ3v) is 6.06. The van der Waals surface area contributed by atoms with Crippen molar-refractivity contribution < 1.29 is 17.9 Å². The molecule has 0 spiro atoms. The van der Waals surface area contributed by atoms with Crippen LogP contribution in [0.3, 0.4) is 0 Å². The SMILES string of the molecule is COc1ccc(C)cc1NS(=O)(=O)c1ccc(CCN2CCCC2=O)cc1. The van der Waals surface area contributed by atoms with Gasteiger partial charge in [0, 0.05) is 19.5 Å². The maximum Gasteiger partial charge on any atom is 0.262 e. The summed E-state index contributed by atoms with van der Waals surface area (Å²) in [5, 5.41) is 0. The summed E-state index contributed by atoms with van der Waals surface area (Å²) < 4.78 is 33.2. The lowest BCUT2D eigenvalue weighted by atomic mass is 10.1. The van der Waals surface area contributed by atoms with Gasteiger partial charge < -0.3 is 9.64 Å². The number of hydrogen-bond acceptors (Lipinski definition) is 4. The molecule has 2 aromatic rings. The van der Waals surface area contributed by atoms with E-state index >= 15 is 0 Å². The van der Waals surface area contributed by atoms with Crippen LogP contribution in [0.15, 0.2) is 47.4 Å². The minimum absolute atomic E-state index is 0.187. The second-order valence-electron chi connectivity index (χ2n) is 6.69. The van der Waals surface area contributed by atoms with Gasteiger partial charge in [-0.1, -0.05) is 18.2 Å². The van der Waals surface area contributed by atoms with E-state index in [-0.39, 0.29) is 10.8 Å². The molecular weight excluding hydrogens is 364 g/mol. The zero-order valence-corrected chi connectivity index (χ0v) is 16.4. The van der Waals surface area contributed by atoms with Crippen LogP contribution in [0.5, 0.6) is 5.75 Å². The number of benzene rings is 2. The lowest BCUT2D eigenvalue weighted by Gasteiger charge is -2.15. The summed E-state index contributed by atoms with van der Waals surface area (Å²) in [4.78, 5) is 13.7. The van der Waals surface area contributed by atoms with E-state index in [2.05, 4.69) is 4.72 Å². The molecule has 1 aliphatic heterocycles. The van der Waals surface area contributed by atoms with E-state index in [0.29, 0.717) is 30.8 Å². The zero-order chi connectivity index (χ0) is 19.4. The first-order valence-corrected chi connectivity index (χ1v) is 10.4. The van der Waals surface area contributed by atoms with Crippen molar-refractivity contribution in [3.63, 3.8) is 0 Å². The second-order valence-corrected chi connectivity index (χ2v) is 8.37. The monoisotopic (exact) mass is 388 g/mol. The summed E-state index contributed by atoms with van der Waals surface area (Å²) in [6.45, 7) is 3.37. The number of hydrogen-bond donors (Lipinski definition) is 1. The van der Waals surface area contributed by atoms with Crippen molar-refractivity contribution in [3.8, 4) is 5.75 Å². The molecule has 1 saturated heterocycles. The lowest BCUT2D eigenvalue weighted by Crippen LogP contribution is -2.26. The molecule has 1 heterocycles. The first kappa shape index (κ1) is 19.2. The highest BCUT2D eigenvalue weighted by atomic mass is 32.2. The van der Waals surface area contributed by atoms with Crippen LogP contribution in [-0.4, -0.2) is 39.4 Å². The molecule has 0 saturated carbocycles. The molecule has 0 atom stereocenters. The number of carbonyl (C=O) groups is 1. The molecule has 1 fully saturated rings. The molecule has 144 valence electrons. The van der Waals surface area contributed by atoms with Crippen LogP contribution in [0, 0.1) is 6.92 Å². The minimum atomic E-state index is -3.71. The average Bonchev–Trinajstić information content (AvgIpc) is 3.05. The zero-order valence-electron chi connectivity index (χ0n) is 15.6. The summed E-state index contributed by atoms with van der Waals surface area (Å²) >= 11 is 0. The Balaban J connectivity index is 1.70. The molecule has 27 heavy (non-hydrogen) atoms. The molecule has 1 aliphatic rings. The summed E-state index contributed by atoms with van der Waals surface area (Å²) in [7, 11) is -2.21. The Kier molecular flexibility index (Phi) is 5.70. The molecule has 1 amide bonds. The van der Waals surface area contributed by atoms with Gasteiger partial charge >= 0.3 is 0 Å². The molecule has 7 heteroatoms. The fraction of sp³-hybridized carbons (Fsp3) is 0.350. The summed E-state index contributed by atoms with van der Waals surface area (Å²) in [6, 6.07) is 12.1. The van der Waals surface area contributed by atoms with E-state index in [1.165, 1.54) is 7.11 Å². The Morgan fingerprint density at radius 3 is 2.52 bits per heavy atom. The van der Waals surface area contributed by atoms with Crippen molar-refractivity contribution in [3.05, 3.63) is 53.6 Å². The quantitative estimate of drug-likeness (QED) is 0.791. The number of ether oxygens (including phenoxy) is 1. The number of likely N-dealkylation sites (tertiary alicyclic amines) is 1. The van der Waals surface area contributed by atoms with E-state index in [1.807, 2.05) is 17.9 Å². The first-order chi connectivity index (χ1) is 12.9. The standard InChI is InChI=1S/C20H24N2O4S/c1-15-5-10-19(26-2)18(14-15)21-27(24,25)17-8-6-16(7-9-17)11-13-22-12-3-4-20(22)23/h5-10,14,21H,3-4,11-13H2,1-2H3. The Bertz CT molecular complexity index is 923. The maximum atomic E-state index is 12.7. The molecule has 0 aliphatic carbocycles. The number of carbonyl (C=O) groups excluding carboxylic acids is 1. The van der Waals surface area contributed by atoms with Gasteiger partial charge in [-0.25, -0.2) is 8.42 Å². The average molecular weight is 388 g/mol. The highest BCUT2D eigenvalue weighted by Crippen LogP contribution is 2.28. The van der Waals surface area contributed by atoms with Gasteiger partial charge in [-0.2, -0.15) is 0 Å². The number of methoxy groups -OCH3 is 1. The van der Waals surface area contributed by atoms with Crippen LogP contribution in [-0.2, 0) is 21.2 Å². The smallest absolute Gasteiger partial charge is 0.262 e. The van der Waals surface area contributed by atoms with Gasteiger partial charge in [-0.05, 0) is 55.2 Å². The van der Waals surface area contributed by atoms with Gasteiger partial charge in [0.25, 0.3) is 10.0 Å². The van der Waals surface area contributed by atoms with E-state index in [9.17, 15) is 13.2 Å². The number of nitrogens with one attached hydrogen (secondary N) is 1. The predicted molar refractivity (Wildman–Crippen MR) is 104 cm³/mol. The van der Waals surface area contributed by atoms with Crippen LogP contribution in [0.1, 0.15) is 24.0 Å². The fourth-order valence-corrected chi connectivity index (χ4v) is 4.21. The normalized spacial score (nSPS) is 14.4. The number of sulfonamides is 1. The van der Waals surface area contributed by atoms with Gasteiger partial charge in [0.2, 0.25) is 5.91 Å². The lowest BCUT2D eigenvalue weighted by molar-refractivity contribution is -0.127. The number of amides is 1. The highest BCUT2D eigenvalue weighted by molar-refractivity contribution is 7.92. The van der Waals surface area contributed by atoms with E-state index in [0.717, 1.165) is 24.1 Å². The van der Waals surface area contributed by atoms with Crippen LogP contribution >= 0.6 is 0 Å². The van der Waals surface area contributed by atoms with Crippen molar-refractivity contribution in [1.82, 2.24) is 4.90 Å². The van der Waals surface area contributed by atoms with Gasteiger partial charge in [0.15, 0.2) is 0 Å². The second kappa shape index (κ2) is 8.00. The first-order valence-electron chi connectivity index (χ1n) is 8.93. The Morgan fingerprint density at radius 1 is 1.15 bits per heavy atom. The topological polar surface area (TPSA) is 75.7 Å². The van der Waals surface area contributed by atoms with Crippen molar-refractivity contribution in [2.45, 2.75) is 31.1 Å². The Morgan fingerprint density at radius 2 is 1.89 bits per heavy atom. The molecule has 1 N–H and O–H groups in total. The van der Waals surface area contributed by atoms with Crippen molar-refractivity contribution >= 4 is 21.6 Å². The van der Waals surface area contributed by atoms with Crippen LogP contribution < -0.4 is 9.46 Å². The number of rotatable bonds is 7. The van der Waals surface area contributed by atoms with E-state index in [4.69, 9.17) is 4.74 Å². The number of nitrogens with zero attached hydrogens (tertiary/aromatic N) is 1. The minimum Gasteiger partial charge on any atom is -0.495 e. The Labute approximate surface area is 160 Å². The molecule has 0 radical (unpaired) electrons. The van der Waals surface area contributed by atoms with Gasteiger partial charge in [0.1, 0.15) is 5.75 Å². The third-order valence-electron chi connectivity index (χ3n) is 4.67. The molecule has 2 aromatic carbocycles. The molecule has 0 aromatic heterocycles. The molecule has 6 nitrogen and oxygen atoms in total. The van der Waals surface area contributed by atoms with Crippen LogP contribution in [0.25, 0.3) is 0 Å². The van der Waals surface area contributed by atoms with Crippen molar-refractivity contribution in [2.24, 2.45) is 0 Å². The van der Waals surface area contributed by atoms with E-state index in [1.54, 1.807) is 36.4 Å². The molecule has 0 unspecified atom stereocenters. The molecule has 3 rings (SSSR count).